The minimum absolute atomic E-state index is 0.000981. The largest absolute Gasteiger partial charge is 0.391 e. The van der Waals surface area contributed by atoms with Gasteiger partial charge in [-0.2, -0.15) is 13.2 Å². The Morgan fingerprint density at radius 3 is 2.38 bits per heavy atom. The number of hydrogen-bond acceptors (Lipinski definition) is 4. The number of β-amino-alcohol motifs (C(OH)–C–C–N with tert-alkyl or cyclic N) is 1. The number of amides is 1. The Hall–Kier alpha value is -1.64. The second-order valence-corrected chi connectivity index (χ2v) is 8.30. The SMILES string of the molecule is O=C(CCc1ccccc1)N1CC[C@H](O)[C@@](O)(CN2CCC(C(F)(F)F)CC2)C1. The fraction of sp³-hybridized carbons (Fsp3) is 0.667. The van der Waals surface area contributed by atoms with Crippen molar-refractivity contribution in [2.75, 3.05) is 32.7 Å². The van der Waals surface area contributed by atoms with Gasteiger partial charge in [-0.05, 0) is 44.3 Å². The second kappa shape index (κ2) is 9.02. The maximum atomic E-state index is 12.8. The lowest BCUT2D eigenvalue weighted by Crippen LogP contribution is -2.63. The summed E-state index contributed by atoms with van der Waals surface area (Å²) in [6.07, 6.45) is -4.02. The topological polar surface area (TPSA) is 64.0 Å². The molecule has 0 spiro atoms. The molecule has 0 unspecified atom stereocenters. The predicted molar refractivity (Wildman–Crippen MR) is 102 cm³/mol. The molecule has 2 aliphatic rings. The zero-order valence-corrected chi connectivity index (χ0v) is 16.4. The van der Waals surface area contributed by atoms with Crippen molar-refractivity contribution in [1.82, 2.24) is 9.80 Å². The number of halogens is 3. The summed E-state index contributed by atoms with van der Waals surface area (Å²) in [5.41, 5.74) is -0.466. The van der Waals surface area contributed by atoms with Gasteiger partial charge in [0.1, 0.15) is 5.60 Å². The Labute approximate surface area is 169 Å². The highest BCUT2D eigenvalue weighted by Gasteiger charge is 2.46. The minimum atomic E-state index is -4.19. The van der Waals surface area contributed by atoms with Crippen LogP contribution in [-0.2, 0) is 11.2 Å². The number of nitrogens with zero attached hydrogens (tertiary/aromatic N) is 2. The number of aliphatic hydroxyl groups excluding tert-OH is 1. The third kappa shape index (κ3) is 5.71. The van der Waals surface area contributed by atoms with Gasteiger partial charge in [0.25, 0.3) is 0 Å². The molecule has 0 bridgehead atoms. The van der Waals surface area contributed by atoms with Crippen LogP contribution < -0.4 is 0 Å². The molecule has 8 heteroatoms. The van der Waals surface area contributed by atoms with E-state index in [0.717, 1.165) is 5.56 Å². The molecule has 3 rings (SSSR count). The first kappa shape index (κ1) is 22.1. The molecular formula is C21H29F3N2O3. The van der Waals surface area contributed by atoms with E-state index < -0.39 is 23.8 Å². The van der Waals surface area contributed by atoms with E-state index in [0.29, 0.717) is 19.4 Å². The van der Waals surface area contributed by atoms with Gasteiger partial charge in [0.2, 0.25) is 5.91 Å². The summed E-state index contributed by atoms with van der Waals surface area (Å²) in [5, 5.41) is 21.4. The van der Waals surface area contributed by atoms with Gasteiger partial charge in [-0.15, -0.1) is 0 Å². The van der Waals surface area contributed by atoms with E-state index in [1.807, 2.05) is 30.3 Å². The predicted octanol–water partition coefficient (Wildman–Crippen LogP) is 2.22. The van der Waals surface area contributed by atoms with Crippen LogP contribution in [0, 0.1) is 5.92 Å². The van der Waals surface area contributed by atoms with Crippen molar-refractivity contribution in [3.63, 3.8) is 0 Å². The highest BCUT2D eigenvalue weighted by atomic mass is 19.4. The zero-order chi connectivity index (χ0) is 21.1. The fourth-order valence-electron chi connectivity index (χ4n) is 4.29. The maximum absolute atomic E-state index is 12.8. The van der Waals surface area contributed by atoms with Crippen molar-refractivity contribution in [1.29, 1.82) is 0 Å². The standard InChI is InChI=1S/C21H29F3N2O3/c22-21(23,24)17-8-11-25(12-9-17)14-20(29)15-26(13-10-18(20)27)19(28)7-6-16-4-2-1-3-5-16/h1-5,17-18,27,29H,6-15H2/t18-,20+/m0/s1. The normalized spacial score (nSPS) is 27.2. The van der Waals surface area contributed by atoms with E-state index in [1.165, 1.54) is 0 Å². The van der Waals surface area contributed by atoms with Crippen molar-refractivity contribution in [3.05, 3.63) is 35.9 Å². The first-order chi connectivity index (χ1) is 13.7. The van der Waals surface area contributed by atoms with E-state index in [4.69, 9.17) is 0 Å². The average Bonchev–Trinajstić information content (AvgIpc) is 2.69. The number of piperidine rings is 2. The van der Waals surface area contributed by atoms with Crippen LogP contribution in [0.15, 0.2) is 30.3 Å². The molecule has 2 atom stereocenters. The van der Waals surface area contributed by atoms with Crippen LogP contribution in [0.1, 0.15) is 31.2 Å². The maximum Gasteiger partial charge on any atom is 0.391 e. The molecule has 0 saturated carbocycles. The lowest BCUT2D eigenvalue weighted by atomic mass is 9.87. The van der Waals surface area contributed by atoms with Crippen LogP contribution in [0.5, 0.6) is 0 Å². The van der Waals surface area contributed by atoms with Gasteiger partial charge in [-0.1, -0.05) is 30.3 Å². The van der Waals surface area contributed by atoms with Crippen LogP contribution in [0.25, 0.3) is 0 Å². The van der Waals surface area contributed by atoms with Crippen molar-refractivity contribution < 1.29 is 28.2 Å². The van der Waals surface area contributed by atoms with Gasteiger partial charge < -0.3 is 20.0 Å². The van der Waals surface area contributed by atoms with Gasteiger partial charge in [0.15, 0.2) is 0 Å². The van der Waals surface area contributed by atoms with Crippen LogP contribution >= 0.6 is 0 Å². The third-order valence-electron chi connectivity index (χ3n) is 6.13. The first-order valence-electron chi connectivity index (χ1n) is 10.2. The summed E-state index contributed by atoms with van der Waals surface area (Å²) in [5.74, 6) is -1.39. The van der Waals surface area contributed by atoms with Gasteiger partial charge in [-0.3, -0.25) is 4.79 Å². The Balaban J connectivity index is 1.53. The number of benzene rings is 1. The van der Waals surface area contributed by atoms with Crippen molar-refractivity contribution in [3.8, 4) is 0 Å². The van der Waals surface area contributed by atoms with E-state index >= 15 is 0 Å². The molecule has 1 aromatic rings. The first-order valence-corrected chi connectivity index (χ1v) is 10.2. The molecule has 0 aromatic heterocycles. The molecule has 1 aromatic carbocycles. The molecule has 2 aliphatic heterocycles. The Morgan fingerprint density at radius 2 is 1.76 bits per heavy atom. The monoisotopic (exact) mass is 414 g/mol. The fourth-order valence-corrected chi connectivity index (χ4v) is 4.29. The average molecular weight is 414 g/mol. The molecule has 0 radical (unpaired) electrons. The van der Waals surface area contributed by atoms with E-state index in [2.05, 4.69) is 0 Å². The number of likely N-dealkylation sites (tertiary alicyclic amines) is 2. The van der Waals surface area contributed by atoms with E-state index in [-0.39, 0.29) is 51.3 Å². The van der Waals surface area contributed by atoms with Crippen LogP contribution in [0.3, 0.4) is 0 Å². The molecule has 2 fully saturated rings. The molecule has 5 nitrogen and oxygen atoms in total. The lowest BCUT2D eigenvalue weighted by molar-refractivity contribution is -0.189. The molecule has 2 N–H and O–H groups in total. The molecule has 2 heterocycles. The molecule has 1 amide bonds. The smallest absolute Gasteiger partial charge is 0.390 e. The quantitative estimate of drug-likeness (QED) is 0.776. The number of aryl methyl sites for hydroxylation is 1. The van der Waals surface area contributed by atoms with Gasteiger partial charge in [0.05, 0.1) is 18.6 Å². The Bertz CT molecular complexity index is 677. The number of rotatable bonds is 5. The number of carbonyl (C=O) groups excluding carboxylic acids is 1. The number of hydrogen-bond donors (Lipinski definition) is 2. The Kier molecular flexibility index (Phi) is 6.86. The third-order valence-corrected chi connectivity index (χ3v) is 6.13. The highest BCUT2D eigenvalue weighted by molar-refractivity contribution is 5.76. The van der Waals surface area contributed by atoms with Gasteiger partial charge in [-0.25, -0.2) is 0 Å². The summed E-state index contributed by atoms with van der Waals surface area (Å²) >= 11 is 0. The molecule has 2 saturated heterocycles. The zero-order valence-electron chi connectivity index (χ0n) is 16.4. The summed E-state index contributed by atoms with van der Waals surface area (Å²) in [7, 11) is 0. The van der Waals surface area contributed by atoms with Crippen LogP contribution in [0.4, 0.5) is 13.2 Å². The van der Waals surface area contributed by atoms with Crippen molar-refractivity contribution in [2.24, 2.45) is 5.92 Å². The van der Waals surface area contributed by atoms with E-state index in [1.54, 1.807) is 9.80 Å². The summed E-state index contributed by atoms with van der Waals surface area (Å²) in [6.45, 7) is 0.887. The molecular weight excluding hydrogens is 385 g/mol. The van der Waals surface area contributed by atoms with E-state index in [9.17, 15) is 28.2 Å². The number of alkyl halides is 3. The van der Waals surface area contributed by atoms with Gasteiger partial charge in [0, 0.05) is 19.5 Å². The van der Waals surface area contributed by atoms with Gasteiger partial charge >= 0.3 is 6.18 Å². The lowest BCUT2D eigenvalue weighted by Gasteiger charge is -2.46. The van der Waals surface area contributed by atoms with Crippen LogP contribution in [-0.4, -0.2) is 76.5 Å². The summed E-state index contributed by atoms with van der Waals surface area (Å²) < 4.78 is 38.5. The molecule has 162 valence electrons. The van der Waals surface area contributed by atoms with Crippen LogP contribution in [0.2, 0.25) is 0 Å². The van der Waals surface area contributed by atoms with Crippen molar-refractivity contribution >= 4 is 5.91 Å². The molecule has 29 heavy (non-hydrogen) atoms. The van der Waals surface area contributed by atoms with Crippen molar-refractivity contribution in [2.45, 2.75) is 50.0 Å². The highest BCUT2D eigenvalue weighted by Crippen LogP contribution is 2.35. The molecule has 0 aliphatic carbocycles. The minimum Gasteiger partial charge on any atom is -0.390 e. The number of aliphatic hydroxyl groups is 2. The number of carbonyl (C=O) groups is 1. The Morgan fingerprint density at radius 1 is 1.10 bits per heavy atom. The summed E-state index contributed by atoms with van der Waals surface area (Å²) in [6, 6.07) is 9.65. The summed E-state index contributed by atoms with van der Waals surface area (Å²) in [4.78, 5) is 15.9. The second-order valence-electron chi connectivity index (χ2n) is 8.30.